The smallest absolute Gasteiger partial charge is 0.412 e. The van der Waals surface area contributed by atoms with Crippen molar-refractivity contribution in [2.75, 3.05) is 13.2 Å². The summed E-state index contributed by atoms with van der Waals surface area (Å²) in [7, 11) is 0. The fourth-order valence-corrected chi connectivity index (χ4v) is 1.55. The first-order chi connectivity index (χ1) is 9.56. The van der Waals surface area contributed by atoms with Crippen LogP contribution in [0.2, 0.25) is 0 Å². The van der Waals surface area contributed by atoms with E-state index in [-0.39, 0.29) is 18.1 Å². The summed E-state index contributed by atoms with van der Waals surface area (Å²) < 4.78 is 4.98. The minimum Gasteiger partial charge on any atom is -0.504 e. The standard InChI is InChI=1S/C14H19NO5/c1-2-11(6-8-16)20-14(19)15-7-5-10-3-4-12(17)13(18)9-10/h3-4,6,9,16-18H,2,5,7-8H2,1H3,(H,15,19)/b11-6+. The van der Waals surface area contributed by atoms with Gasteiger partial charge < -0.3 is 25.4 Å². The fourth-order valence-electron chi connectivity index (χ4n) is 1.55. The molecule has 0 unspecified atom stereocenters. The van der Waals surface area contributed by atoms with Crippen LogP contribution in [-0.4, -0.2) is 34.6 Å². The lowest BCUT2D eigenvalue weighted by molar-refractivity contribution is 0.172. The van der Waals surface area contributed by atoms with Crippen molar-refractivity contribution in [1.29, 1.82) is 0 Å². The largest absolute Gasteiger partial charge is 0.504 e. The number of aromatic hydroxyl groups is 2. The number of amides is 1. The molecule has 1 aromatic rings. The second kappa shape index (κ2) is 8.06. The van der Waals surface area contributed by atoms with Gasteiger partial charge >= 0.3 is 6.09 Å². The monoisotopic (exact) mass is 281 g/mol. The van der Waals surface area contributed by atoms with E-state index in [0.717, 1.165) is 5.56 Å². The normalized spacial score (nSPS) is 11.2. The number of aliphatic hydroxyl groups excluding tert-OH is 1. The topological polar surface area (TPSA) is 99.0 Å². The maximum absolute atomic E-state index is 11.5. The Morgan fingerprint density at radius 1 is 1.35 bits per heavy atom. The number of hydrogen-bond acceptors (Lipinski definition) is 5. The van der Waals surface area contributed by atoms with Gasteiger partial charge in [0.25, 0.3) is 0 Å². The van der Waals surface area contributed by atoms with E-state index in [1.54, 1.807) is 6.07 Å². The van der Waals surface area contributed by atoms with E-state index >= 15 is 0 Å². The summed E-state index contributed by atoms with van der Waals surface area (Å²) in [4.78, 5) is 11.5. The average Bonchev–Trinajstić information content (AvgIpc) is 2.42. The van der Waals surface area contributed by atoms with Gasteiger partial charge in [0.05, 0.1) is 6.61 Å². The number of aliphatic hydroxyl groups is 1. The first-order valence-corrected chi connectivity index (χ1v) is 6.33. The third-order valence-corrected chi connectivity index (χ3v) is 2.61. The predicted molar refractivity (Wildman–Crippen MR) is 73.4 cm³/mol. The highest BCUT2D eigenvalue weighted by atomic mass is 16.6. The summed E-state index contributed by atoms with van der Waals surface area (Å²) in [5.74, 6) is 0.0411. The van der Waals surface area contributed by atoms with Gasteiger partial charge in [-0.15, -0.1) is 0 Å². The Balaban J connectivity index is 2.38. The summed E-state index contributed by atoms with van der Waals surface area (Å²) in [6, 6.07) is 4.48. The maximum atomic E-state index is 11.5. The van der Waals surface area contributed by atoms with Gasteiger partial charge in [0, 0.05) is 13.0 Å². The minimum atomic E-state index is -0.588. The molecule has 0 bridgehead atoms. The Morgan fingerprint density at radius 3 is 2.70 bits per heavy atom. The Hall–Kier alpha value is -2.21. The first-order valence-electron chi connectivity index (χ1n) is 6.33. The summed E-state index contributed by atoms with van der Waals surface area (Å²) in [6.07, 6.45) is 1.85. The predicted octanol–water partition coefficient (Wildman–Crippen LogP) is 1.65. The second-order valence-electron chi connectivity index (χ2n) is 4.10. The maximum Gasteiger partial charge on any atom is 0.412 e. The van der Waals surface area contributed by atoms with Crippen LogP contribution in [0.4, 0.5) is 4.79 Å². The Kier molecular flexibility index (Phi) is 6.39. The number of alkyl carbamates (subject to hydrolysis) is 1. The van der Waals surface area contributed by atoms with Gasteiger partial charge in [-0.05, 0) is 30.2 Å². The average molecular weight is 281 g/mol. The van der Waals surface area contributed by atoms with Crippen molar-refractivity contribution < 1.29 is 24.9 Å². The zero-order valence-corrected chi connectivity index (χ0v) is 11.3. The number of carbonyl (C=O) groups excluding carboxylic acids is 1. The molecule has 1 amide bonds. The van der Waals surface area contributed by atoms with Crippen LogP contribution in [0.25, 0.3) is 0 Å². The van der Waals surface area contributed by atoms with Crippen molar-refractivity contribution in [2.24, 2.45) is 0 Å². The first kappa shape index (κ1) is 15.8. The molecule has 20 heavy (non-hydrogen) atoms. The number of carbonyl (C=O) groups is 1. The highest BCUT2D eigenvalue weighted by Crippen LogP contribution is 2.24. The molecule has 0 radical (unpaired) electrons. The van der Waals surface area contributed by atoms with Gasteiger partial charge in [0.1, 0.15) is 5.76 Å². The van der Waals surface area contributed by atoms with Crippen molar-refractivity contribution in [1.82, 2.24) is 5.32 Å². The Morgan fingerprint density at radius 2 is 2.10 bits per heavy atom. The molecule has 0 heterocycles. The van der Waals surface area contributed by atoms with Gasteiger partial charge in [-0.2, -0.15) is 0 Å². The van der Waals surface area contributed by atoms with Crippen molar-refractivity contribution >= 4 is 6.09 Å². The molecule has 0 spiro atoms. The van der Waals surface area contributed by atoms with E-state index in [4.69, 9.17) is 14.9 Å². The molecule has 0 saturated carbocycles. The van der Waals surface area contributed by atoms with E-state index in [1.807, 2.05) is 6.92 Å². The Labute approximate surface area is 117 Å². The van der Waals surface area contributed by atoms with Crippen molar-refractivity contribution in [3.05, 3.63) is 35.6 Å². The quantitative estimate of drug-likeness (QED) is 0.469. The van der Waals surface area contributed by atoms with E-state index in [0.29, 0.717) is 25.1 Å². The molecule has 6 nitrogen and oxygen atoms in total. The molecule has 0 atom stereocenters. The summed E-state index contributed by atoms with van der Waals surface area (Å²) in [5, 5.41) is 29.8. The number of allylic oxidation sites excluding steroid dienone is 1. The third kappa shape index (κ3) is 5.19. The highest BCUT2D eigenvalue weighted by molar-refractivity contribution is 5.68. The molecule has 6 heteroatoms. The molecular formula is C14H19NO5. The lowest BCUT2D eigenvalue weighted by Gasteiger charge is -2.08. The summed E-state index contributed by atoms with van der Waals surface area (Å²) in [6.45, 7) is 1.97. The van der Waals surface area contributed by atoms with Crippen molar-refractivity contribution in [2.45, 2.75) is 19.8 Å². The van der Waals surface area contributed by atoms with Gasteiger partial charge in [-0.1, -0.05) is 13.0 Å². The molecule has 0 aliphatic rings. The molecule has 1 aromatic carbocycles. The highest BCUT2D eigenvalue weighted by Gasteiger charge is 2.05. The van der Waals surface area contributed by atoms with E-state index in [2.05, 4.69) is 5.32 Å². The molecule has 4 N–H and O–H groups in total. The number of phenols is 2. The molecule has 0 aliphatic heterocycles. The van der Waals surface area contributed by atoms with Gasteiger partial charge in [0.2, 0.25) is 0 Å². The Bertz CT molecular complexity index is 484. The van der Waals surface area contributed by atoms with E-state index < -0.39 is 6.09 Å². The van der Waals surface area contributed by atoms with Crippen LogP contribution in [0, 0.1) is 0 Å². The van der Waals surface area contributed by atoms with Crippen LogP contribution in [0.1, 0.15) is 18.9 Å². The number of ether oxygens (including phenoxy) is 1. The second-order valence-corrected chi connectivity index (χ2v) is 4.10. The lowest BCUT2D eigenvalue weighted by Crippen LogP contribution is -2.26. The van der Waals surface area contributed by atoms with E-state index in [1.165, 1.54) is 18.2 Å². The zero-order valence-electron chi connectivity index (χ0n) is 11.3. The number of hydrogen-bond donors (Lipinski definition) is 4. The van der Waals surface area contributed by atoms with Gasteiger partial charge in [0.15, 0.2) is 11.5 Å². The van der Waals surface area contributed by atoms with Crippen LogP contribution in [-0.2, 0) is 11.2 Å². The van der Waals surface area contributed by atoms with Crippen LogP contribution in [0.5, 0.6) is 11.5 Å². The van der Waals surface area contributed by atoms with Crippen LogP contribution in [0.15, 0.2) is 30.0 Å². The van der Waals surface area contributed by atoms with Crippen LogP contribution < -0.4 is 5.32 Å². The van der Waals surface area contributed by atoms with Gasteiger partial charge in [-0.25, -0.2) is 4.79 Å². The summed E-state index contributed by atoms with van der Waals surface area (Å²) >= 11 is 0. The number of nitrogens with one attached hydrogen (secondary N) is 1. The molecule has 110 valence electrons. The lowest BCUT2D eigenvalue weighted by atomic mass is 10.1. The molecule has 0 aliphatic carbocycles. The van der Waals surface area contributed by atoms with Gasteiger partial charge in [-0.3, -0.25) is 0 Å². The van der Waals surface area contributed by atoms with Crippen LogP contribution >= 0.6 is 0 Å². The SMILES string of the molecule is CC/C(=C\CO)OC(=O)NCCc1ccc(O)c(O)c1. The molecular weight excluding hydrogens is 262 g/mol. The van der Waals surface area contributed by atoms with Crippen molar-refractivity contribution in [3.8, 4) is 11.5 Å². The van der Waals surface area contributed by atoms with Crippen LogP contribution in [0.3, 0.4) is 0 Å². The molecule has 0 saturated heterocycles. The fraction of sp³-hybridized carbons (Fsp3) is 0.357. The molecule has 0 aromatic heterocycles. The zero-order chi connectivity index (χ0) is 15.0. The number of phenolic OH excluding ortho intramolecular Hbond substituents is 2. The number of rotatable bonds is 6. The molecule has 1 rings (SSSR count). The van der Waals surface area contributed by atoms with Crippen molar-refractivity contribution in [3.63, 3.8) is 0 Å². The number of benzene rings is 1. The minimum absolute atomic E-state index is 0.177. The third-order valence-electron chi connectivity index (χ3n) is 2.61. The molecule has 0 fully saturated rings. The van der Waals surface area contributed by atoms with E-state index in [9.17, 15) is 9.90 Å². The summed E-state index contributed by atoms with van der Waals surface area (Å²) in [5.41, 5.74) is 0.780.